The Kier molecular flexibility index (Phi) is 5.79. The molecule has 1 aromatic carbocycles. The molecule has 0 amide bonds. The van der Waals surface area contributed by atoms with Crippen LogP contribution < -0.4 is 0 Å². The number of aromatic nitrogens is 2. The number of halogens is 1. The molecular weight excluding hydrogens is 383 g/mol. The summed E-state index contributed by atoms with van der Waals surface area (Å²) >= 11 is 0. The smallest absolute Gasteiger partial charge is 0.303 e. The van der Waals surface area contributed by atoms with Gasteiger partial charge in [-0.2, -0.15) is 0 Å². The molecule has 0 radical (unpaired) electrons. The van der Waals surface area contributed by atoms with Crippen molar-refractivity contribution in [2.75, 3.05) is 5.94 Å². The maximum absolute atomic E-state index is 13.2. The van der Waals surface area contributed by atoms with Gasteiger partial charge >= 0.3 is 5.97 Å². The van der Waals surface area contributed by atoms with Crippen LogP contribution in [0, 0.1) is 5.82 Å². The Labute approximate surface area is 162 Å². The molecule has 0 saturated heterocycles. The summed E-state index contributed by atoms with van der Waals surface area (Å²) in [7, 11) is -3.78. The Morgan fingerprint density at radius 2 is 1.93 bits per heavy atom. The number of ether oxygens (including phenoxy) is 1. The Balaban J connectivity index is 2.00. The van der Waals surface area contributed by atoms with Crippen LogP contribution in [-0.4, -0.2) is 29.9 Å². The lowest BCUT2D eigenvalue weighted by atomic mass is 10.2. The van der Waals surface area contributed by atoms with Crippen molar-refractivity contribution < 1.29 is 22.3 Å². The summed E-state index contributed by atoms with van der Waals surface area (Å²) in [4.78, 5) is 15.3. The first-order valence-electron chi connectivity index (χ1n) is 8.89. The monoisotopic (exact) mass is 404 g/mol. The van der Waals surface area contributed by atoms with Gasteiger partial charge < -0.3 is 9.30 Å². The molecule has 8 heteroatoms. The van der Waals surface area contributed by atoms with Gasteiger partial charge in [0.25, 0.3) is 0 Å². The minimum absolute atomic E-state index is 0.00299. The van der Waals surface area contributed by atoms with Crippen LogP contribution in [0.1, 0.15) is 31.5 Å². The van der Waals surface area contributed by atoms with Gasteiger partial charge in [-0.15, -0.1) is 0 Å². The van der Waals surface area contributed by atoms with E-state index in [1.54, 1.807) is 18.2 Å². The van der Waals surface area contributed by atoms with E-state index < -0.39 is 21.7 Å². The van der Waals surface area contributed by atoms with Gasteiger partial charge in [-0.25, -0.2) is 17.8 Å². The number of hydrogen-bond donors (Lipinski definition) is 0. The van der Waals surface area contributed by atoms with E-state index in [0.717, 1.165) is 31.0 Å². The number of nitrogens with zero attached hydrogens (tertiary/aromatic N) is 2. The lowest BCUT2D eigenvalue weighted by molar-refractivity contribution is -0.138. The first-order valence-corrected chi connectivity index (χ1v) is 10.5. The van der Waals surface area contributed by atoms with Gasteiger partial charge in [0.15, 0.2) is 5.94 Å². The number of carbonyl (C=O) groups is 1. The number of hydrogen-bond acceptors (Lipinski definition) is 5. The van der Waals surface area contributed by atoms with E-state index in [4.69, 9.17) is 0 Å². The first kappa shape index (κ1) is 20.0. The molecule has 2 aromatic heterocycles. The predicted molar refractivity (Wildman–Crippen MR) is 103 cm³/mol. The molecule has 0 unspecified atom stereocenters. The molecule has 6 nitrogen and oxygen atoms in total. The van der Waals surface area contributed by atoms with Crippen molar-refractivity contribution in [1.82, 2.24) is 9.55 Å². The molecular formula is C20H21FN2O4S. The maximum Gasteiger partial charge on any atom is 0.303 e. The average Bonchev–Trinajstić information content (AvgIpc) is 2.99. The second-order valence-electron chi connectivity index (χ2n) is 6.55. The van der Waals surface area contributed by atoms with E-state index in [2.05, 4.69) is 16.6 Å². The van der Waals surface area contributed by atoms with Crippen LogP contribution in [0.5, 0.6) is 0 Å². The fourth-order valence-electron chi connectivity index (χ4n) is 2.99. The van der Waals surface area contributed by atoms with Crippen LogP contribution in [0.25, 0.3) is 11.0 Å². The zero-order valence-corrected chi connectivity index (χ0v) is 16.5. The van der Waals surface area contributed by atoms with E-state index in [1.807, 2.05) is 10.6 Å². The van der Waals surface area contributed by atoms with Crippen LogP contribution in [-0.2, 0) is 32.3 Å². The number of sulfone groups is 1. The number of carbonyl (C=O) groups excluding carboxylic acids is 1. The van der Waals surface area contributed by atoms with Crippen LogP contribution in [0.4, 0.5) is 4.39 Å². The lowest BCUT2D eigenvalue weighted by Gasteiger charge is -2.10. The number of benzene rings is 1. The quantitative estimate of drug-likeness (QED) is 0.564. The van der Waals surface area contributed by atoms with Gasteiger partial charge in [-0.3, -0.25) is 4.79 Å². The minimum Gasteiger partial charge on any atom is -0.449 e. The summed E-state index contributed by atoms with van der Waals surface area (Å²) in [6.07, 6.45) is 2.99. The van der Waals surface area contributed by atoms with Gasteiger partial charge in [-0.1, -0.05) is 25.5 Å². The normalized spacial score (nSPS) is 11.7. The SMILES string of the molecule is CCCc1cc2cc(S(=O)(=O)COC(C)=O)cnc2n1Cc1ccc(F)cc1. The van der Waals surface area contributed by atoms with Gasteiger partial charge in [0.05, 0.1) is 4.90 Å². The Bertz CT molecular complexity index is 1110. The summed E-state index contributed by atoms with van der Waals surface area (Å²) in [5.74, 6) is -1.67. The molecule has 3 aromatic rings. The summed E-state index contributed by atoms with van der Waals surface area (Å²) in [6, 6.07) is 9.71. The summed E-state index contributed by atoms with van der Waals surface area (Å²) in [6.45, 7) is 3.72. The molecule has 3 rings (SSSR count). The third-order valence-corrected chi connectivity index (χ3v) is 5.70. The molecule has 0 bridgehead atoms. The second kappa shape index (κ2) is 8.10. The fraction of sp³-hybridized carbons (Fsp3) is 0.300. The van der Waals surface area contributed by atoms with Crippen molar-refractivity contribution >= 4 is 26.8 Å². The number of fused-ring (bicyclic) bond motifs is 1. The van der Waals surface area contributed by atoms with E-state index >= 15 is 0 Å². The topological polar surface area (TPSA) is 78.3 Å². The zero-order chi connectivity index (χ0) is 20.3. The molecule has 148 valence electrons. The molecule has 0 aliphatic heterocycles. The first-order chi connectivity index (χ1) is 13.3. The van der Waals surface area contributed by atoms with Crippen molar-refractivity contribution in [3.05, 3.63) is 59.7 Å². The van der Waals surface area contributed by atoms with Crippen molar-refractivity contribution in [2.45, 2.75) is 38.1 Å². The third kappa shape index (κ3) is 4.39. The van der Waals surface area contributed by atoms with E-state index in [9.17, 15) is 17.6 Å². The van der Waals surface area contributed by atoms with Crippen molar-refractivity contribution in [2.24, 2.45) is 0 Å². The van der Waals surface area contributed by atoms with Gasteiger partial charge in [0.2, 0.25) is 9.84 Å². The maximum atomic E-state index is 13.2. The largest absolute Gasteiger partial charge is 0.449 e. The fourth-order valence-corrected chi connectivity index (χ4v) is 3.97. The van der Waals surface area contributed by atoms with E-state index in [-0.39, 0.29) is 10.7 Å². The minimum atomic E-state index is -3.78. The van der Waals surface area contributed by atoms with Crippen LogP contribution in [0.3, 0.4) is 0 Å². The average molecular weight is 404 g/mol. The molecule has 0 aliphatic carbocycles. The highest BCUT2D eigenvalue weighted by atomic mass is 32.2. The Morgan fingerprint density at radius 3 is 2.57 bits per heavy atom. The van der Waals surface area contributed by atoms with Crippen molar-refractivity contribution in [1.29, 1.82) is 0 Å². The number of rotatable bonds is 7. The summed E-state index contributed by atoms with van der Waals surface area (Å²) in [5.41, 5.74) is 2.59. The Morgan fingerprint density at radius 1 is 1.21 bits per heavy atom. The molecule has 2 heterocycles. The van der Waals surface area contributed by atoms with Crippen LogP contribution in [0.2, 0.25) is 0 Å². The summed E-state index contributed by atoms with van der Waals surface area (Å²) in [5, 5.41) is 0.689. The number of esters is 1. The molecule has 0 N–H and O–H groups in total. The van der Waals surface area contributed by atoms with E-state index in [1.165, 1.54) is 18.3 Å². The zero-order valence-electron chi connectivity index (χ0n) is 15.7. The van der Waals surface area contributed by atoms with Crippen LogP contribution >= 0.6 is 0 Å². The third-order valence-electron chi connectivity index (χ3n) is 4.33. The molecule has 0 atom stereocenters. The molecule has 0 aliphatic rings. The highest BCUT2D eigenvalue weighted by Gasteiger charge is 2.19. The van der Waals surface area contributed by atoms with Gasteiger partial charge in [-0.05, 0) is 36.2 Å². The molecule has 28 heavy (non-hydrogen) atoms. The predicted octanol–water partition coefficient (Wildman–Crippen LogP) is 3.47. The van der Waals surface area contributed by atoms with Gasteiger partial charge in [0.1, 0.15) is 11.5 Å². The highest BCUT2D eigenvalue weighted by Crippen LogP contribution is 2.24. The number of pyridine rings is 1. The number of aryl methyl sites for hydroxylation is 1. The van der Waals surface area contributed by atoms with Crippen LogP contribution in [0.15, 0.2) is 47.5 Å². The summed E-state index contributed by atoms with van der Waals surface area (Å²) < 4.78 is 44.5. The van der Waals surface area contributed by atoms with E-state index in [0.29, 0.717) is 17.6 Å². The van der Waals surface area contributed by atoms with Crippen molar-refractivity contribution in [3.63, 3.8) is 0 Å². The molecule has 0 fully saturated rings. The van der Waals surface area contributed by atoms with Gasteiger partial charge in [0, 0.05) is 30.7 Å². The Hall–Kier alpha value is -2.74. The van der Waals surface area contributed by atoms with Crippen molar-refractivity contribution in [3.8, 4) is 0 Å². The highest BCUT2D eigenvalue weighted by molar-refractivity contribution is 7.91. The molecule has 0 spiro atoms. The second-order valence-corrected chi connectivity index (χ2v) is 8.49. The molecule has 0 saturated carbocycles. The standard InChI is InChI=1S/C20H21FN2O4S/c1-3-4-18-9-16-10-19(28(25,26)13-27-14(2)24)11-22-20(16)23(18)12-15-5-7-17(21)8-6-15/h5-11H,3-4,12-13H2,1-2H3. The lowest BCUT2D eigenvalue weighted by Crippen LogP contribution is -2.13.